The number of para-hydroxylation sites is 1. The standard InChI is InChI=1S/C16H18N2/c1-3-13-11-7-8-12(2)15(13)18-16(17)14-9-5-4-6-10-14/h4-11H,3H2,1-2H3,(H2,17,18). The highest BCUT2D eigenvalue weighted by molar-refractivity contribution is 5.99. The third-order valence-electron chi connectivity index (χ3n) is 3.00. The number of rotatable bonds is 3. The predicted octanol–water partition coefficient (Wildman–Crippen LogP) is 3.59. The van der Waals surface area contributed by atoms with Gasteiger partial charge in [0.2, 0.25) is 0 Å². The third-order valence-corrected chi connectivity index (χ3v) is 3.00. The molecule has 0 unspecified atom stereocenters. The van der Waals surface area contributed by atoms with E-state index in [1.165, 1.54) is 5.56 Å². The van der Waals surface area contributed by atoms with Crippen molar-refractivity contribution >= 4 is 11.5 Å². The summed E-state index contributed by atoms with van der Waals surface area (Å²) in [5.41, 5.74) is 10.4. The van der Waals surface area contributed by atoms with Crippen LogP contribution in [0.1, 0.15) is 23.6 Å². The van der Waals surface area contributed by atoms with E-state index in [0.29, 0.717) is 5.84 Å². The molecule has 0 amide bonds. The highest BCUT2D eigenvalue weighted by Crippen LogP contribution is 2.24. The van der Waals surface area contributed by atoms with Crippen molar-refractivity contribution in [2.45, 2.75) is 20.3 Å². The van der Waals surface area contributed by atoms with Crippen LogP contribution in [0.15, 0.2) is 53.5 Å². The number of nitrogens with zero attached hydrogens (tertiary/aromatic N) is 1. The Bertz CT molecular complexity index is 557. The molecule has 0 fully saturated rings. The summed E-state index contributed by atoms with van der Waals surface area (Å²) in [5, 5.41) is 0. The van der Waals surface area contributed by atoms with E-state index in [2.05, 4.69) is 37.0 Å². The van der Waals surface area contributed by atoms with Crippen LogP contribution in [0.3, 0.4) is 0 Å². The van der Waals surface area contributed by atoms with Gasteiger partial charge in [-0.15, -0.1) is 0 Å². The van der Waals surface area contributed by atoms with Gasteiger partial charge in [0.25, 0.3) is 0 Å². The Balaban J connectivity index is 2.45. The van der Waals surface area contributed by atoms with Crippen molar-refractivity contribution in [3.8, 4) is 0 Å². The molecule has 0 aliphatic heterocycles. The number of hydrogen-bond acceptors (Lipinski definition) is 1. The van der Waals surface area contributed by atoms with Crippen LogP contribution in [0, 0.1) is 6.92 Å². The van der Waals surface area contributed by atoms with Gasteiger partial charge >= 0.3 is 0 Å². The summed E-state index contributed by atoms with van der Waals surface area (Å²) in [7, 11) is 0. The molecule has 0 aromatic heterocycles. The van der Waals surface area contributed by atoms with E-state index in [9.17, 15) is 0 Å². The Kier molecular flexibility index (Phi) is 3.78. The van der Waals surface area contributed by atoms with E-state index in [4.69, 9.17) is 5.73 Å². The molecule has 0 spiro atoms. The first-order valence-electron chi connectivity index (χ1n) is 6.20. The maximum absolute atomic E-state index is 6.07. The molecule has 92 valence electrons. The Labute approximate surface area is 108 Å². The molecular formula is C16H18N2. The van der Waals surface area contributed by atoms with E-state index in [1.54, 1.807) is 0 Å². The minimum absolute atomic E-state index is 0.569. The van der Waals surface area contributed by atoms with Crippen LogP contribution < -0.4 is 5.73 Å². The van der Waals surface area contributed by atoms with Gasteiger partial charge in [-0.25, -0.2) is 4.99 Å². The zero-order chi connectivity index (χ0) is 13.0. The molecule has 0 aliphatic carbocycles. The molecule has 2 N–H and O–H groups in total. The second-order valence-electron chi connectivity index (χ2n) is 4.30. The average molecular weight is 238 g/mol. The van der Waals surface area contributed by atoms with E-state index in [0.717, 1.165) is 23.2 Å². The van der Waals surface area contributed by atoms with Crippen molar-refractivity contribution in [2.75, 3.05) is 0 Å². The molecule has 0 aliphatic rings. The van der Waals surface area contributed by atoms with Crippen molar-refractivity contribution in [2.24, 2.45) is 10.7 Å². The Morgan fingerprint density at radius 3 is 2.44 bits per heavy atom. The van der Waals surface area contributed by atoms with Gasteiger partial charge in [0, 0.05) is 5.56 Å². The Morgan fingerprint density at radius 1 is 1.06 bits per heavy atom. The van der Waals surface area contributed by atoms with Gasteiger partial charge in [0.05, 0.1) is 5.69 Å². The van der Waals surface area contributed by atoms with Gasteiger partial charge in [0.15, 0.2) is 0 Å². The van der Waals surface area contributed by atoms with Crippen LogP contribution >= 0.6 is 0 Å². The molecule has 0 heterocycles. The van der Waals surface area contributed by atoms with E-state index >= 15 is 0 Å². The lowest BCUT2D eigenvalue weighted by Crippen LogP contribution is -2.12. The number of aliphatic imine (C=N–C) groups is 1. The fraction of sp³-hybridized carbons (Fsp3) is 0.188. The molecule has 0 bridgehead atoms. The van der Waals surface area contributed by atoms with Gasteiger partial charge in [0.1, 0.15) is 5.84 Å². The normalized spacial score (nSPS) is 11.6. The number of nitrogens with two attached hydrogens (primary N) is 1. The predicted molar refractivity (Wildman–Crippen MR) is 77.4 cm³/mol. The van der Waals surface area contributed by atoms with Gasteiger partial charge in [-0.2, -0.15) is 0 Å². The molecule has 2 aromatic carbocycles. The first-order valence-corrected chi connectivity index (χ1v) is 6.20. The lowest BCUT2D eigenvalue weighted by atomic mass is 10.1. The second-order valence-corrected chi connectivity index (χ2v) is 4.30. The van der Waals surface area contributed by atoms with Crippen LogP contribution in [0.4, 0.5) is 5.69 Å². The maximum Gasteiger partial charge on any atom is 0.131 e. The number of hydrogen-bond donors (Lipinski definition) is 1. The van der Waals surface area contributed by atoms with Crippen LogP contribution in [-0.4, -0.2) is 5.84 Å². The highest BCUT2D eigenvalue weighted by Gasteiger charge is 2.04. The molecule has 0 saturated heterocycles. The number of aryl methyl sites for hydroxylation is 2. The monoisotopic (exact) mass is 238 g/mol. The van der Waals surface area contributed by atoms with Gasteiger partial charge in [-0.3, -0.25) is 0 Å². The van der Waals surface area contributed by atoms with Crippen molar-refractivity contribution in [1.29, 1.82) is 0 Å². The summed E-state index contributed by atoms with van der Waals surface area (Å²) in [6.45, 7) is 4.20. The number of benzene rings is 2. The van der Waals surface area contributed by atoms with E-state index < -0.39 is 0 Å². The van der Waals surface area contributed by atoms with Crippen molar-refractivity contribution in [1.82, 2.24) is 0 Å². The fourth-order valence-electron chi connectivity index (χ4n) is 1.96. The van der Waals surface area contributed by atoms with Gasteiger partial charge < -0.3 is 5.73 Å². The molecule has 2 rings (SSSR count). The Morgan fingerprint density at radius 2 is 1.78 bits per heavy atom. The topological polar surface area (TPSA) is 38.4 Å². The summed E-state index contributed by atoms with van der Waals surface area (Å²) >= 11 is 0. The second kappa shape index (κ2) is 5.50. The molecular weight excluding hydrogens is 220 g/mol. The van der Waals surface area contributed by atoms with Crippen molar-refractivity contribution in [3.63, 3.8) is 0 Å². The summed E-state index contributed by atoms with van der Waals surface area (Å²) in [6.07, 6.45) is 0.961. The van der Waals surface area contributed by atoms with E-state index in [1.807, 2.05) is 30.3 Å². The first-order chi connectivity index (χ1) is 8.72. The minimum atomic E-state index is 0.569. The first kappa shape index (κ1) is 12.4. The highest BCUT2D eigenvalue weighted by atomic mass is 14.9. The quantitative estimate of drug-likeness (QED) is 0.644. The fourth-order valence-corrected chi connectivity index (χ4v) is 1.96. The SMILES string of the molecule is CCc1cccc(C)c1N=C(N)c1ccccc1. The molecule has 0 saturated carbocycles. The van der Waals surface area contributed by atoms with Crippen LogP contribution in [0.2, 0.25) is 0 Å². The summed E-state index contributed by atoms with van der Waals surface area (Å²) in [6, 6.07) is 16.1. The third kappa shape index (κ3) is 2.59. The summed E-state index contributed by atoms with van der Waals surface area (Å²) in [5.74, 6) is 0.569. The van der Waals surface area contributed by atoms with Crippen LogP contribution in [0.5, 0.6) is 0 Å². The largest absolute Gasteiger partial charge is 0.383 e. The molecule has 2 nitrogen and oxygen atoms in total. The summed E-state index contributed by atoms with van der Waals surface area (Å²) in [4.78, 5) is 4.59. The summed E-state index contributed by atoms with van der Waals surface area (Å²) < 4.78 is 0. The average Bonchev–Trinajstić information content (AvgIpc) is 2.42. The molecule has 18 heavy (non-hydrogen) atoms. The number of amidine groups is 1. The van der Waals surface area contributed by atoms with Crippen LogP contribution in [-0.2, 0) is 6.42 Å². The smallest absolute Gasteiger partial charge is 0.131 e. The van der Waals surface area contributed by atoms with Crippen molar-refractivity contribution in [3.05, 3.63) is 65.2 Å². The van der Waals surface area contributed by atoms with Crippen molar-refractivity contribution < 1.29 is 0 Å². The van der Waals surface area contributed by atoms with E-state index in [-0.39, 0.29) is 0 Å². The Hall–Kier alpha value is -2.09. The van der Waals surface area contributed by atoms with Gasteiger partial charge in [-0.1, -0.05) is 55.5 Å². The van der Waals surface area contributed by atoms with Crippen LogP contribution in [0.25, 0.3) is 0 Å². The minimum Gasteiger partial charge on any atom is -0.383 e. The maximum atomic E-state index is 6.07. The molecule has 0 radical (unpaired) electrons. The molecule has 0 atom stereocenters. The molecule has 2 aromatic rings. The zero-order valence-electron chi connectivity index (χ0n) is 10.9. The van der Waals surface area contributed by atoms with Gasteiger partial charge in [-0.05, 0) is 24.5 Å². The molecule has 2 heteroatoms. The zero-order valence-corrected chi connectivity index (χ0v) is 10.9. The lowest BCUT2D eigenvalue weighted by molar-refractivity contribution is 1.12. The lowest BCUT2D eigenvalue weighted by Gasteiger charge is -2.08.